The maximum absolute atomic E-state index is 5.44. The summed E-state index contributed by atoms with van der Waals surface area (Å²) in [6.45, 7) is 4.04. The van der Waals surface area contributed by atoms with Crippen molar-refractivity contribution >= 4 is 45.1 Å². The van der Waals surface area contributed by atoms with Gasteiger partial charge in [-0.15, -0.1) is 11.3 Å². The zero-order valence-corrected chi connectivity index (χ0v) is 15.4. The number of quaternary nitrogens is 1. The van der Waals surface area contributed by atoms with E-state index in [0.29, 0.717) is 6.04 Å². The van der Waals surface area contributed by atoms with Crippen LogP contribution in [-0.2, 0) is 6.67 Å². The Bertz CT molecular complexity index is 846. The molecule has 0 amide bonds. The Labute approximate surface area is 148 Å². The van der Waals surface area contributed by atoms with Gasteiger partial charge in [-0.1, -0.05) is 23.5 Å². The third kappa shape index (κ3) is 3.10. The summed E-state index contributed by atoms with van der Waals surface area (Å²) in [5.74, 6) is 0. The summed E-state index contributed by atoms with van der Waals surface area (Å²) in [6, 6.07) is 8.89. The van der Waals surface area contributed by atoms with Gasteiger partial charge in [-0.2, -0.15) is 9.78 Å². The highest BCUT2D eigenvalue weighted by atomic mass is 32.1. The van der Waals surface area contributed by atoms with Crippen LogP contribution in [0.3, 0.4) is 0 Å². The van der Waals surface area contributed by atoms with Crippen LogP contribution in [0.1, 0.15) is 35.3 Å². The van der Waals surface area contributed by atoms with Crippen molar-refractivity contribution in [3.05, 3.63) is 38.2 Å². The van der Waals surface area contributed by atoms with E-state index in [2.05, 4.69) is 29.4 Å². The van der Waals surface area contributed by atoms with E-state index < -0.39 is 0 Å². The molecule has 3 aromatic rings. The summed E-state index contributed by atoms with van der Waals surface area (Å²) in [5.41, 5.74) is 1.12. The third-order valence-electron chi connectivity index (χ3n) is 4.40. The summed E-state index contributed by atoms with van der Waals surface area (Å²) >= 11 is 8.88. The highest BCUT2D eigenvalue weighted by Crippen LogP contribution is 2.28. The van der Waals surface area contributed by atoms with Gasteiger partial charge in [0.15, 0.2) is 15.6 Å². The van der Waals surface area contributed by atoms with E-state index in [-0.39, 0.29) is 0 Å². The van der Waals surface area contributed by atoms with Gasteiger partial charge in [-0.3, -0.25) is 0 Å². The molecule has 0 spiro atoms. The fraction of sp³-hybridized carbons (Fsp3) is 0.438. The van der Waals surface area contributed by atoms with Crippen LogP contribution >= 0.6 is 34.9 Å². The summed E-state index contributed by atoms with van der Waals surface area (Å²) in [7, 11) is 0. The number of aromatic nitrogens is 3. The van der Waals surface area contributed by atoms with Crippen LogP contribution < -0.4 is 4.90 Å². The number of nitrogens with one attached hydrogen (secondary N) is 1. The number of hydrogen-bond donors (Lipinski definition) is 1. The number of benzene rings is 1. The van der Waals surface area contributed by atoms with Crippen LogP contribution in [0.4, 0.5) is 0 Å². The zero-order valence-electron chi connectivity index (χ0n) is 13.0. The Kier molecular flexibility index (Phi) is 4.27. The molecule has 1 aliphatic rings. The smallest absolute Gasteiger partial charge is 0.184 e. The van der Waals surface area contributed by atoms with E-state index in [4.69, 9.17) is 17.2 Å². The van der Waals surface area contributed by atoms with Crippen LogP contribution in [0, 0.1) is 10.9 Å². The molecule has 23 heavy (non-hydrogen) atoms. The SMILES string of the molecule is Cc1nn(C[NH+]2CCCC[C@H]2c2nc3ccccc3s2)c(=S)s1. The Hall–Kier alpha value is -1.15. The summed E-state index contributed by atoms with van der Waals surface area (Å²) in [6.07, 6.45) is 3.75. The minimum atomic E-state index is 0.463. The van der Waals surface area contributed by atoms with Gasteiger partial charge < -0.3 is 4.90 Å². The topological polar surface area (TPSA) is 35.2 Å². The van der Waals surface area contributed by atoms with E-state index >= 15 is 0 Å². The number of rotatable bonds is 3. The summed E-state index contributed by atoms with van der Waals surface area (Å²) in [4.78, 5) is 6.44. The van der Waals surface area contributed by atoms with Gasteiger partial charge in [0.25, 0.3) is 0 Å². The average molecular weight is 364 g/mol. The lowest BCUT2D eigenvalue weighted by Gasteiger charge is -2.30. The normalized spacial score (nSPS) is 21.8. The number of hydrogen-bond acceptors (Lipinski definition) is 5. The van der Waals surface area contributed by atoms with Crippen molar-refractivity contribution in [2.75, 3.05) is 6.54 Å². The number of piperidine rings is 1. The van der Waals surface area contributed by atoms with Gasteiger partial charge in [0.1, 0.15) is 11.0 Å². The Morgan fingerprint density at radius 2 is 2.17 bits per heavy atom. The van der Waals surface area contributed by atoms with Crippen molar-refractivity contribution in [1.82, 2.24) is 14.8 Å². The number of nitrogens with zero attached hydrogens (tertiary/aromatic N) is 3. The fourth-order valence-electron chi connectivity index (χ4n) is 3.31. The van der Waals surface area contributed by atoms with Crippen LogP contribution in [0.25, 0.3) is 10.2 Å². The van der Waals surface area contributed by atoms with Crippen molar-refractivity contribution < 1.29 is 4.90 Å². The molecule has 3 heterocycles. The van der Waals surface area contributed by atoms with Gasteiger partial charge in [0, 0.05) is 6.42 Å². The van der Waals surface area contributed by atoms with Gasteiger partial charge in [-0.05, 0) is 44.1 Å². The van der Waals surface area contributed by atoms with Crippen LogP contribution in [-0.4, -0.2) is 21.3 Å². The summed E-state index contributed by atoms with van der Waals surface area (Å²) < 4.78 is 4.16. The predicted molar refractivity (Wildman–Crippen MR) is 97.7 cm³/mol. The number of aryl methyl sites for hydroxylation is 1. The lowest BCUT2D eigenvalue weighted by atomic mass is 10.0. The third-order valence-corrected chi connectivity index (χ3v) is 6.78. The highest BCUT2D eigenvalue weighted by molar-refractivity contribution is 7.73. The minimum Gasteiger partial charge on any atom is -0.308 e. The number of para-hydroxylation sites is 1. The van der Waals surface area contributed by atoms with E-state index in [1.54, 1.807) is 11.3 Å². The van der Waals surface area contributed by atoms with E-state index in [1.165, 1.54) is 40.4 Å². The number of likely N-dealkylation sites (tertiary alicyclic amines) is 1. The largest absolute Gasteiger partial charge is 0.308 e. The Morgan fingerprint density at radius 1 is 1.30 bits per heavy atom. The van der Waals surface area contributed by atoms with Crippen molar-refractivity contribution in [3.63, 3.8) is 0 Å². The molecule has 1 saturated heterocycles. The Morgan fingerprint density at radius 3 is 2.96 bits per heavy atom. The van der Waals surface area contributed by atoms with Crippen LogP contribution in [0.2, 0.25) is 0 Å². The van der Waals surface area contributed by atoms with E-state index in [1.807, 2.05) is 22.9 Å². The molecule has 4 rings (SSSR count). The lowest BCUT2D eigenvalue weighted by Crippen LogP contribution is -3.12. The molecule has 2 atom stereocenters. The summed E-state index contributed by atoms with van der Waals surface area (Å²) in [5, 5.41) is 6.88. The van der Waals surface area contributed by atoms with Gasteiger partial charge in [0.05, 0.1) is 16.8 Å². The molecule has 0 bridgehead atoms. The first-order valence-corrected chi connectivity index (χ1v) is 9.99. The molecule has 2 aromatic heterocycles. The van der Waals surface area contributed by atoms with E-state index in [9.17, 15) is 0 Å². The highest BCUT2D eigenvalue weighted by Gasteiger charge is 2.31. The second kappa shape index (κ2) is 6.39. The predicted octanol–water partition coefficient (Wildman–Crippen LogP) is 3.36. The maximum Gasteiger partial charge on any atom is 0.184 e. The van der Waals surface area contributed by atoms with Gasteiger partial charge in [-0.25, -0.2) is 4.98 Å². The molecule has 1 N–H and O–H groups in total. The second-order valence-corrected chi connectivity index (χ2v) is 8.91. The molecule has 1 fully saturated rings. The molecular formula is C16H19N4S3+. The first kappa shape index (κ1) is 15.4. The quantitative estimate of drug-likeness (QED) is 0.725. The van der Waals surface area contributed by atoms with Crippen molar-refractivity contribution in [3.8, 4) is 0 Å². The molecule has 4 nitrogen and oxygen atoms in total. The molecule has 0 saturated carbocycles. The van der Waals surface area contributed by atoms with Crippen molar-refractivity contribution in [1.29, 1.82) is 0 Å². The first-order chi connectivity index (χ1) is 11.2. The van der Waals surface area contributed by atoms with Crippen LogP contribution in [0.15, 0.2) is 24.3 Å². The average Bonchev–Trinajstić information content (AvgIpc) is 3.11. The Balaban J connectivity index is 1.64. The number of thiazole rings is 1. The molecule has 1 aromatic carbocycles. The molecule has 1 aliphatic heterocycles. The molecule has 0 radical (unpaired) electrons. The molecule has 0 aliphatic carbocycles. The zero-order chi connectivity index (χ0) is 15.8. The van der Waals surface area contributed by atoms with Gasteiger partial charge >= 0.3 is 0 Å². The van der Waals surface area contributed by atoms with Gasteiger partial charge in [0.2, 0.25) is 0 Å². The van der Waals surface area contributed by atoms with E-state index in [0.717, 1.165) is 21.1 Å². The number of fused-ring (bicyclic) bond motifs is 1. The molecular weight excluding hydrogens is 344 g/mol. The van der Waals surface area contributed by atoms with Crippen LogP contribution in [0.5, 0.6) is 0 Å². The fourth-order valence-corrected chi connectivity index (χ4v) is 5.54. The molecule has 120 valence electrons. The molecule has 1 unspecified atom stereocenters. The van der Waals surface area contributed by atoms with Crippen molar-refractivity contribution in [2.45, 2.75) is 38.9 Å². The minimum absolute atomic E-state index is 0.463. The lowest BCUT2D eigenvalue weighted by molar-refractivity contribution is -0.959. The second-order valence-electron chi connectivity index (χ2n) is 6.02. The maximum atomic E-state index is 5.44. The first-order valence-electron chi connectivity index (χ1n) is 7.95. The molecule has 7 heteroatoms. The monoisotopic (exact) mass is 363 g/mol. The standard InChI is InChI=1S/C16H18N4S3/c1-11-18-20(16(21)22-11)10-19-9-5-4-7-13(19)15-17-12-6-2-3-8-14(12)23-15/h2-3,6,8,13H,4-5,7,9-10H2,1H3/p+1/t13-/m0/s1. The van der Waals surface area contributed by atoms with Crippen molar-refractivity contribution in [2.24, 2.45) is 0 Å².